The summed E-state index contributed by atoms with van der Waals surface area (Å²) < 4.78 is 13.7. The molecule has 0 spiro atoms. The number of hydrogen-bond acceptors (Lipinski definition) is 2. The highest BCUT2D eigenvalue weighted by Crippen LogP contribution is 2.23. The molecule has 0 aliphatic heterocycles. The molecule has 88 valence electrons. The third-order valence-corrected chi connectivity index (χ3v) is 2.49. The molecule has 2 rings (SSSR count). The number of rotatable bonds is 1. The molecule has 2 N–H and O–H groups in total. The molecule has 0 saturated heterocycles. The van der Waals surface area contributed by atoms with Crippen LogP contribution in [0.25, 0.3) is 10.8 Å². The minimum Gasteiger partial charge on any atom is -0.465 e. The molecule has 1 heterocycles. The van der Waals surface area contributed by atoms with Crippen LogP contribution in [0.15, 0.2) is 29.2 Å². The van der Waals surface area contributed by atoms with Crippen molar-refractivity contribution in [3.8, 4) is 0 Å². The number of amides is 1. The fourth-order valence-corrected chi connectivity index (χ4v) is 1.56. The number of fused-ring (bicyclic) bond motifs is 1. The Kier molecular flexibility index (Phi) is 2.55. The first kappa shape index (κ1) is 11.1. The number of aromatic nitrogens is 1. The largest absolute Gasteiger partial charge is 0.465 e. The number of nitrogens with one attached hydrogen (secondary N) is 1. The van der Waals surface area contributed by atoms with Gasteiger partial charge >= 0.3 is 6.09 Å². The van der Waals surface area contributed by atoms with Gasteiger partial charge in [-0.05, 0) is 23.6 Å². The lowest BCUT2D eigenvalue weighted by Crippen LogP contribution is -2.25. The molecule has 1 aromatic heterocycles. The molecule has 6 heteroatoms. The Hall–Kier alpha value is -2.37. The number of carboxylic acid groups (broad SMARTS) is 1. The Labute approximate surface area is 95.1 Å². The lowest BCUT2D eigenvalue weighted by atomic mass is 10.1. The van der Waals surface area contributed by atoms with E-state index in [0.29, 0.717) is 5.39 Å². The van der Waals surface area contributed by atoms with Gasteiger partial charge in [0.25, 0.3) is 5.56 Å². The topological polar surface area (TPSA) is 73.4 Å². The molecular weight excluding hydrogens is 227 g/mol. The van der Waals surface area contributed by atoms with E-state index < -0.39 is 17.5 Å². The van der Waals surface area contributed by atoms with Crippen LogP contribution in [0, 0.1) is 5.82 Å². The summed E-state index contributed by atoms with van der Waals surface area (Å²) in [6.45, 7) is 0. The molecule has 0 fully saturated rings. The molecule has 0 aliphatic rings. The van der Waals surface area contributed by atoms with Gasteiger partial charge in [-0.2, -0.15) is 0 Å². The van der Waals surface area contributed by atoms with E-state index in [1.54, 1.807) is 6.07 Å². The maximum absolute atomic E-state index is 13.7. The molecule has 0 saturated carbocycles. The number of halogens is 1. The second-order valence-electron chi connectivity index (χ2n) is 3.54. The molecule has 1 amide bonds. The summed E-state index contributed by atoms with van der Waals surface area (Å²) in [6, 6.07) is 3.94. The predicted molar refractivity (Wildman–Crippen MR) is 61.0 cm³/mol. The van der Waals surface area contributed by atoms with E-state index in [2.05, 4.69) is 4.98 Å². The summed E-state index contributed by atoms with van der Waals surface area (Å²) in [5, 5.41) is 9.45. The van der Waals surface area contributed by atoms with E-state index in [4.69, 9.17) is 5.11 Å². The van der Waals surface area contributed by atoms with E-state index in [0.717, 1.165) is 11.0 Å². The van der Waals surface area contributed by atoms with Gasteiger partial charge in [0.2, 0.25) is 0 Å². The first-order valence-electron chi connectivity index (χ1n) is 4.78. The molecule has 5 nitrogen and oxygen atoms in total. The third-order valence-electron chi connectivity index (χ3n) is 2.49. The molecular formula is C11H9FN2O3. The molecule has 0 atom stereocenters. The minimum absolute atomic E-state index is 0.0874. The fraction of sp³-hybridized carbons (Fsp3) is 0.0909. The summed E-state index contributed by atoms with van der Waals surface area (Å²) in [5.41, 5.74) is -0.499. The number of H-pyrrole nitrogens is 1. The van der Waals surface area contributed by atoms with Gasteiger partial charge in [-0.15, -0.1) is 0 Å². The van der Waals surface area contributed by atoms with Gasteiger partial charge < -0.3 is 10.1 Å². The van der Waals surface area contributed by atoms with Crippen LogP contribution in [0.5, 0.6) is 0 Å². The smallest absolute Gasteiger partial charge is 0.411 e. The number of hydrogen-bond donors (Lipinski definition) is 2. The average Bonchev–Trinajstić information content (AvgIpc) is 2.28. The second kappa shape index (κ2) is 3.89. The van der Waals surface area contributed by atoms with Crippen molar-refractivity contribution in [1.82, 2.24) is 4.98 Å². The zero-order valence-electron chi connectivity index (χ0n) is 8.90. The lowest BCUT2D eigenvalue weighted by Gasteiger charge is -2.14. The lowest BCUT2D eigenvalue weighted by molar-refractivity contribution is 0.203. The summed E-state index contributed by atoms with van der Waals surface area (Å²) >= 11 is 0. The summed E-state index contributed by atoms with van der Waals surface area (Å²) in [4.78, 5) is 25.3. The average molecular weight is 236 g/mol. The van der Waals surface area contributed by atoms with Crippen molar-refractivity contribution in [3.63, 3.8) is 0 Å². The first-order chi connectivity index (χ1) is 8.00. The molecule has 0 unspecified atom stereocenters. The number of nitrogens with zero attached hydrogens (tertiary/aromatic N) is 1. The van der Waals surface area contributed by atoms with Crippen molar-refractivity contribution >= 4 is 22.6 Å². The molecule has 2 aromatic rings. The van der Waals surface area contributed by atoms with E-state index in [9.17, 15) is 14.0 Å². The standard InChI is InChI=1S/C11H9FN2O3/c1-14(11(16)17)9-4-6-2-3-13-10(15)7(6)5-8(9)12/h2-5H,1H3,(H,13,15)(H,16,17). The van der Waals surface area contributed by atoms with Gasteiger partial charge in [0.15, 0.2) is 0 Å². The number of carbonyl (C=O) groups is 1. The molecule has 1 aromatic carbocycles. The van der Waals surface area contributed by atoms with Crippen LogP contribution in [0.1, 0.15) is 0 Å². The number of aromatic amines is 1. The van der Waals surface area contributed by atoms with Crippen molar-refractivity contribution in [1.29, 1.82) is 0 Å². The van der Waals surface area contributed by atoms with Crippen molar-refractivity contribution in [3.05, 3.63) is 40.6 Å². The fourth-order valence-electron chi connectivity index (χ4n) is 1.56. The number of benzene rings is 1. The van der Waals surface area contributed by atoms with Crippen LogP contribution in [0.4, 0.5) is 14.9 Å². The maximum Gasteiger partial charge on any atom is 0.411 e. The van der Waals surface area contributed by atoms with Crippen LogP contribution in [-0.4, -0.2) is 23.2 Å². The highest BCUT2D eigenvalue weighted by Gasteiger charge is 2.15. The van der Waals surface area contributed by atoms with Crippen LogP contribution in [0.2, 0.25) is 0 Å². The quantitative estimate of drug-likeness (QED) is 0.792. The highest BCUT2D eigenvalue weighted by atomic mass is 19.1. The second-order valence-corrected chi connectivity index (χ2v) is 3.54. The Morgan fingerprint density at radius 3 is 2.82 bits per heavy atom. The van der Waals surface area contributed by atoms with Gasteiger partial charge in [0.1, 0.15) is 5.82 Å². The Morgan fingerprint density at radius 2 is 2.18 bits per heavy atom. The Balaban J connectivity index is 2.72. The number of anilines is 1. The van der Waals surface area contributed by atoms with Crippen molar-refractivity contribution in [2.24, 2.45) is 0 Å². The molecule has 0 aliphatic carbocycles. The summed E-state index contributed by atoms with van der Waals surface area (Å²) in [7, 11) is 1.24. The molecule has 17 heavy (non-hydrogen) atoms. The van der Waals surface area contributed by atoms with Gasteiger partial charge in [-0.1, -0.05) is 0 Å². The van der Waals surface area contributed by atoms with E-state index in [-0.39, 0.29) is 11.1 Å². The minimum atomic E-state index is -1.27. The van der Waals surface area contributed by atoms with Gasteiger partial charge in [0.05, 0.1) is 11.1 Å². The third kappa shape index (κ3) is 1.84. The molecule has 0 bridgehead atoms. The Morgan fingerprint density at radius 1 is 1.47 bits per heavy atom. The van der Waals surface area contributed by atoms with Crippen LogP contribution in [-0.2, 0) is 0 Å². The zero-order valence-corrected chi connectivity index (χ0v) is 8.90. The predicted octanol–water partition coefficient (Wildman–Crippen LogP) is 1.78. The summed E-state index contributed by atoms with van der Waals surface area (Å²) in [5.74, 6) is -0.751. The van der Waals surface area contributed by atoms with Crippen LogP contribution < -0.4 is 10.5 Å². The Bertz CT molecular complexity index is 651. The van der Waals surface area contributed by atoms with Gasteiger partial charge in [-0.25, -0.2) is 9.18 Å². The summed E-state index contributed by atoms with van der Waals surface area (Å²) in [6.07, 6.45) is 0.153. The van der Waals surface area contributed by atoms with Crippen molar-refractivity contribution in [2.45, 2.75) is 0 Å². The van der Waals surface area contributed by atoms with Gasteiger partial charge in [0, 0.05) is 13.2 Å². The highest BCUT2D eigenvalue weighted by molar-refractivity contribution is 5.91. The van der Waals surface area contributed by atoms with E-state index in [1.807, 2.05) is 0 Å². The zero-order chi connectivity index (χ0) is 12.6. The van der Waals surface area contributed by atoms with Crippen LogP contribution >= 0.6 is 0 Å². The maximum atomic E-state index is 13.7. The molecule has 0 radical (unpaired) electrons. The van der Waals surface area contributed by atoms with Crippen molar-refractivity contribution < 1.29 is 14.3 Å². The van der Waals surface area contributed by atoms with Crippen molar-refractivity contribution in [2.75, 3.05) is 11.9 Å². The first-order valence-corrected chi connectivity index (χ1v) is 4.78. The number of pyridine rings is 1. The monoisotopic (exact) mass is 236 g/mol. The normalized spacial score (nSPS) is 10.5. The SMILES string of the molecule is CN(C(=O)O)c1cc2cc[nH]c(=O)c2cc1F. The van der Waals surface area contributed by atoms with E-state index >= 15 is 0 Å². The van der Waals surface area contributed by atoms with Crippen LogP contribution in [0.3, 0.4) is 0 Å². The van der Waals surface area contributed by atoms with Gasteiger partial charge in [-0.3, -0.25) is 9.69 Å². The van der Waals surface area contributed by atoms with E-state index in [1.165, 1.54) is 19.3 Å².